The van der Waals surface area contributed by atoms with E-state index < -0.39 is 0 Å². The quantitative estimate of drug-likeness (QED) is 0.746. The Morgan fingerprint density at radius 1 is 1.29 bits per heavy atom. The molecule has 0 saturated carbocycles. The normalized spacial score (nSPS) is 23.4. The number of amidine groups is 1. The zero-order chi connectivity index (χ0) is 20.1. The van der Waals surface area contributed by atoms with Gasteiger partial charge in [0.2, 0.25) is 0 Å². The SMILES string of the molecule is Cc1cc(C(=O)Cc2ccc3c(c2)C2(CCSC(N)=N2)CC(C)(C)C3)c(C)o1. The van der Waals surface area contributed by atoms with E-state index in [1.807, 2.05) is 19.9 Å². The number of ketones is 1. The molecule has 2 heterocycles. The molecule has 1 aromatic heterocycles. The first-order valence-corrected chi connectivity index (χ1v) is 10.9. The zero-order valence-electron chi connectivity index (χ0n) is 17.1. The van der Waals surface area contributed by atoms with Crippen molar-refractivity contribution in [2.45, 2.75) is 58.9 Å². The maximum absolute atomic E-state index is 12.8. The summed E-state index contributed by atoms with van der Waals surface area (Å²) in [5.41, 5.74) is 10.4. The fourth-order valence-electron chi connectivity index (χ4n) is 4.92. The summed E-state index contributed by atoms with van der Waals surface area (Å²) in [6, 6.07) is 8.33. The molecule has 2 aromatic rings. The van der Waals surface area contributed by atoms with Crippen molar-refractivity contribution < 1.29 is 9.21 Å². The number of nitrogens with two attached hydrogens (primary N) is 1. The van der Waals surface area contributed by atoms with Crippen LogP contribution >= 0.6 is 11.8 Å². The molecule has 1 aliphatic heterocycles. The van der Waals surface area contributed by atoms with E-state index in [1.165, 1.54) is 11.1 Å². The molecule has 4 nitrogen and oxygen atoms in total. The van der Waals surface area contributed by atoms with Crippen LogP contribution in [0, 0.1) is 19.3 Å². The van der Waals surface area contributed by atoms with Crippen LogP contribution in [0.3, 0.4) is 0 Å². The summed E-state index contributed by atoms with van der Waals surface area (Å²) >= 11 is 1.64. The maximum Gasteiger partial charge on any atom is 0.170 e. The van der Waals surface area contributed by atoms with Gasteiger partial charge in [-0.3, -0.25) is 9.79 Å². The predicted molar refractivity (Wildman–Crippen MR) is 115 cm³/mol. The lowest BCUT2D eigenvalue weighted by molar-refractivity contribution is 0.0991. The Morgan fingerprint density at radius 3 is 2.75 bits per heavy atom. The van der Waals surface area contributed by atoms with E-state index in [0.717, 1.165) is 36.3 Å². The molecule has 148 valence electrons. The van der Waals surface area contributed by atoms with Crippen LogP contribution in [0.15, 0.2) is 33.7 Å². The summed E-state index contributed by atoms with van der Waals surface area (Å²) in [5.74, 6) is 2.56. The topological polar surface area (TPSA) is 68.6 Å². The van der Waals surface area contributed by atoms with Crippen molar-refractivity contribution in [3.63, 3.8) is 0 Å². The number of fused-ring (bicyclic) bond motifs is 2. The third kappa shape index (κ3) is 3.52. The Hall–Kier alpha value is -2.01. The van der Waals surface area contributed by atoms with E-state index in [2.05, 4.69) is 32.0 Å². The Bertz CT molecular complexity index is 973. The van der Waals surface area contributed by atoms with Gasteiger partial charge in [0.15, 0.2) is 11.0 Å². The molecular weight excluding hydrogens is 368 g/mol. The number of benzene rings is 1. The molecule has 2 aliphatic rings. The molecule has 1 aliphatic carbocycles. The van der Waals surface area contributed by atoms with E-state index in [9.17, 15) is 4.79 Å². The van der Waals surface area contributed by atoms with Crippen molar-refractivity contribution in [2.75, 3.05) is 5.75 Å². The number of nitrogens with zero attached hydrogens (tertiary/aromatic N) is 1. The second-order valence-corrected chi connectivity index (χ2v) is 10.1. The average Bonchev–Trinajstić information content (AvgIpc) is 2.93. The van der Waals surface area contributed by atoms with Crippen LogP contribution in [0.5, 0.6) is 0 Å². The molecular formula is C23H28N2O2S. The molecule has 1 atom stereocenters. The largest absolute Gasteiger partial charge is 0.466 e. The molecule has 0 saturated heterocycles. The third-order valence-corrected chi connectivity index (χ3v) is 6.71. The van der Waals surface area contributed by atoms with Crippen LogP contribution in [0.1, 0.15) is 65.3 Å². The molecule has 1 aromatic carbocycles. The van der Waals surface area contributed by atoms with Crippen LogP contribution in [0.25, 0.3) is 0 Å². The maximum atomic E-state index is 12.8. The molecule has 4 rings (SSSR count). The van der Waals surface area contributed by atoms with Crippen molar-refractivity contribution in [2.24, 2.45) is 16.1 Å². The molecule has 0 amide bonds. The molecule has 0 bridgehead atoms. The summed E-state index contributed by atoms with van der Waals surface area (Å²) in [6.07, 6.45) is 3.39. The minimum atomic E-state index is -0.256. The van der Waals surface area contributed by atoms with Crippen molar-refractivity contribution >= 4 is 22.7 Å². The molecule has 0 fully saturated rings. The first-order valence-electron chi connectivity index (χ1n) is 9.88. The van der Waals surface area contributed by atoms with E-state index in [-0.39, 0.29) is 16.7 Å². The molecule has 1 unspecified atom stereocenters. The number of furan rings is 1. The first kappa shape index (κ1) is 19.3. The Kier molecular flexibility index (Phi) is 4.69. The minimum Gasteiger partial charge on any atom is -0.466 e. The second-order valence-electron chi connectivity index (χ2n) is 9.02. The molecule has 28 heavy (non-hydrogen) atoms. The van der Waals surface area contributed by atoms with Crippen LogP contribution in [-0.4, -0.2) is 16.7 Å². The standard InChI is InChI=1S/C23H28N2O2S/c1-14-9-18(15(2)27-14)20(26)11-16-5-6-17-12-22(3,4)13-23(19(17)10-16)7-8-28-21(24)25-23/h5-6,9-10H,7-8,11-13H2,1-4H3,(H2,24,25). The number of aliphatic imine (C=N–C) groups is 1. The number of aryl methyl sites for hydroxylation is 2. The summed E-state index contributed by atoms with van der Waals surface area (Å²) < 4.78 is 5.53. The highest BCUT2D eigenvalue weighted by molar-refractivity contribution is 8.13. The number of Topliss-reactive ketones (excluding diaryl/α,β-unsaturated/α-hetero) is 1. The van der Waals surface area contributed by atoms with Gasteiger partial charge in [-0.2, -0.15) is 0 Å². The van der Waals surface area contributed by atoms with E-state index >= 15 is 0 Å². The zero-order valence-corrected chi connectivity index (χ0v) is 17.9. The van der Waals surface area contributed by atoms with Gasteiger partial charge in [-0.25, -0.2) is 0 Å². The van der Waals surface area contributed by atoms with Crippen LogP contribution < -0.4 is 5.73 Å². The number of thioether (sulfide) groups is 1. The number of hydrogen-bond donors (Lipinski definition) is 1. The van der Waals surface area contributed by atoms with E-state index in [4.69, 9.17) is 15.1 Å². The Balaban J connectivity index is 1.71. The monoisotopic (exact) mass is 396 g/mol. The van der Waals surface area contributed by atoms with Crippen molar-refractivity contribution in [3.05, 3.63) is 58.0 Å². The summed E-state index contributed by atoms with van der Waals surface area (Å²) in [6.45, 7) is 8.35. The van der Waals surface area contributed by atoms with Crippen molar-refractivity contribution in [1.29, 1.82) is 0 Å². The first-order chi connectivity index (χ1) is 13.2. The Morgan fingerprint density at radius 2 is 2.07 bits per heavy atom. The summed E-state index contributed by atoms with van der Waals surface area (Å²) in [7, 11) is 0. The van der Waals surface area contributed by atoms with Gasteiger partial charge in [-0.05, 0) is 61.3 Å². The Labute approximate surface area is 171 Å². The van der Waals surface area contributed by atoms with Gasteiger partial charge >= 0.3 is 0 Å². The number of rotatable bonds is 3. The summed E-state index contributed by atoms with van der Waals surface area (Å²) in [5, 5.41) is 0.681. The highest BCUT2D eigenvalue weighted by Gasteiger charge is 2.45. The number of carbonyl (C=O) groups is 1. The van der Waals surface area contributed by atoms with E-state index in [1.54, 1.807) is 11.8 Å². The van der Waals surface area contributed by atoms with Gasteiger partial charge in [-0.1, -0.05) is 43.8 Å². The van der Waals surface area contributed by atoms with E-state index in [0.29, 0.717) is 22.9 Å². The van der Waals surface area contributed by atoms with Crippen LogP contribution in [0.2, 0.25) is 0 Å². The smallest absolute Gasteiger partial charge is 0.170 e. The molecule has 2 N–H and O–H groups in total. The predicted octanol–water partition coefficient (Wildman–Crippen LogP) is 4.94. The lowest BCUT2D eigenvalue weighted by Crippen LogP contribution is -2.41. The van der Waals surface area contributed by atoms with Crippen LogP contribution in [0.4, 0.5) is 0 Å². The third-order valence-electron chi connectivity index (χ3n) is 5.91. The molecule has 5 heteroatoms. The minimum absolute atomic E-state index is 0.0988. The van der Waals surface area contributed by atoms with Gasteiger partial charge in [0.05, 0.1) is 11.1 Å². The second kappa shape index (κ2) is 6.80. The lowest BCUT2D eigenvalue weighted by Gasteiger charge is -2.45. The lowest BCUT2D eigenvalue weighted by atomic mass is 9.64. The van der Waals surface area contributed by atoms with Gasteiger partial charge in [0, 0.05) is 12.2 Å². The fourth-order valence-corrected chi connectivity index (χ4v) is 5.81. The fraction of sp³-hybridized carbons (Fsp3) is 0.478. The molecule has 1 spiro atoms. The highest BCUT2D eigenvalue weighted by Crippen LogP contribution is 2.50. The number of carbonyl (C=O) groups excluding carboxylic acids is 1. The van der Waals surface area contributed by atoms with Gasteiger partial charge in [0.1, 0.15) is 11.5 Å². The van der Waals surface area contributed by atoms with Gasteiger partial charge in [0.25, 0.3) is 0 Å². The average molecular weight is 397 g/mol. The summed E-state index contributed by atoms with van der Waals surface area (Å²) in [4.78, 5) is 17.8. The molecule has 0 radical (unpaired) electrons. The van der Waals surface area contributed by atoms with Crippen molar-refractivity contribution in [3.8, 4) is 0 Å². The van der Waals surface area contributed by atoms with Crippen molar-refractivity contribution in [1.82, 2.24) is 0 Å². The van der Waals surface area contributed by atoms with Crippen LogP contribution in [-0.2, 0) is 18.4 Å². The van der Waals surface area contributed by atoms with Gasteiger partial charge < -0.3 is 10.2 Å². The van der Waals surface area contributed by atoms with Gasteiger partial charge in [-0.15, -0.1) is 0 Å². The highest BCUT2D eigenvalue weighted by atomic mass is 32.2. The number of hydrogen-bond acceptors (Lipinski definition) is 5.